The molecule has 0 unspecified atom stereocenters. The number of anilines is 1. The second kappa shape index (κ2) is 6.64. The molecule has 0 saturated carbocycles. The zero-order chi connectivity index (χ0) is 17.2. The Bertz CT molecular complexity index is 751. The number of methoxy groups -OCH3 is 1. The highest BCUT2D eigenvalue weighted by atomic mass is 35.5. The normalized spacial score (nSPS) is 11.2. The van der Waals surface area contributed by atoms with Crippen molar-refractivity contribution in [2.45, 2.75) is 6.18 Å². The van der Waals surface area contributed by atoms with Crippen molar-refractivity contribution in [2.75, 3.05) is 12.4 Å². The molecule has 0 radical (unpaired) electrons. The molecule has 1 heterocycles. The maximum atomic E-state index is 13.1. The monoisotopic (exact) mass is 364 g/mol. The van der Waals surface area contributed by atoms with Gasteiger partial charge in [-0.2, -0.15) is 13.2 Å². The van der Waals surface area contributed by atoms with E-state index in [0.29, 0.717) is 11.1 Å². The summed E-state index contributed by atoms with van der Waals surface area (Å²) in [4.78, 5) is 15.8. The summed E-state index contributed by atoms with van der Waals surface area (Å²) in [6.07, 6.45) is -3.95. The van der Waals surface area contributed by atoms with Crippen molar-refractivity contribution in [3.05, 3.63) is 51.6 Å². The van der Waals surface area contributed by atoms with Crippen molar-refractivity contribution in [3.63, 3.8) is 0 Å². The largest absolute Gasteiger partial charge is 0.481 e. The van der Waals surface area contributed by atoms with E-state index in [1.165, 1.54) is 25.3 Å². The lowest BCUT2D eigenvalue weighted by Gasteiger charge is -2.14. The van der Waals surface area contributed by atoms with Crippen LogP contribution in [0.2, 0.25) is 10.0 Å². The van der Waals surface area contributed by atoms with E-state index in [9.17, 15) is 18.0 Å². The zero-order valence-corrected chi connectivity index (χ0v) is 13.1. The molecule has 23 heavy (non-hydrogen) atoms. The van der Waals surface area contributed by atoms with Gasteiger partial charge >= 0.3 is 6.18 Å². The van der Waals surface area contributed by atoms with Crippen LogP contribution in [0.4, 0.5) is 18.9 Å². The van der Waals surface area contributed by atoms with Crippen LogP contribution in [0.5, 0.6) is 5.88 Å². The summed E-state index contributed by atoms with van der Waals surface area (Å²) in [6.45, 7) is 0. The highest BCUT2D eigenvalue weighted by Gasteiger charge is 2.36. The van der Waals surface area contributed by atoms with E-state index in [4.69, 9.17) is 23.2 Å². The number of carbonyl (C=O) groups is 1. The molecule has 0 aliphatic heterocycles. The van der Waals surface area contributed by atoms with Crippen LogP contribution in [0.15, 0.2) is 30.5 Å². The van der Waals surface area contributed by atoms with Crippen LogP contribution >= 0.6 is 23.2 Å². The van der Waals surface area contributed by atoms with E-state index in [2.05, 4.69) is 15.0 Å². The summed E-state index contributed by atoms with van der Waals surface area (Å²) >= 11 is 11.6. The number of nitrogens with zero attached hydrogens (tertiary/aromatic N) is 1. The van der Waals surface area contributed by atoms with Gasteiger partial charge in [0.05, 0.1) is 28.9 Å². The predicted molar refractivity (Wildman–Crippen MR) is 80.2 cm³/mol. The number of alkyl halides is 3. The Kier molecular flexibility index (Phi) is 5.01. The SMILES string of the molecule is COc1cc(C(F)(F)F)c(C(=O)Nc2ccc(Cl)cc2Cl)cn1. The van der Waals surface area contributed by atoms with E-state index in [1.54, 1.807) is 0 Å². The van der Waals surface area contributed by atoms with Crippen molar-refractivity contribution in [1.82, 2.24) is 4.98 Å². The molecular weight excluding hydrogens is 356 g/mol. The Labute approximate surface area is 139 Å². The molecule has 2 rings (SSSR count). The van der Waals surface area contributed by atoms with Gasteiger partial charge in [0.25, 0.3) is 5.91 Å². The predicted octanol–water partition coefficient (Wildman–Crippen LogP) is 4.67. The molecule has 0 bridgehead atoms. The van der Waals surface area contributed by atoms with Gasteiger partial charge in [-0.3, -0.25) is 4.79 Å². The van der Waals surface area contributed by atoms with Crippen molar-refractivity contribution in [2.24, 2.45) is 0 Å². The van der Waals surface area contributed by atoms with E-state index < -0.39 is 23.2 Å². The van der Waals surface area contributed by atoms with Crippen molar-refractivity contribution in [3.8, 4) is 5.88 Å². The molecular formula is C14H9Cl2F3N2O2. The summed E-state index contributed by atoms with van der Waals surface area (Å²) < 4.78 is 43.9. The third-order valence-corrected chi connectivity index (χ3v) is 3.37. The number of hydrogen-bond donors (Lipinski definition) is 1. The number of pyridine rings is 1. The molecule has 1 aromatic carbocycles. The fourth-order valence-corrected chi connectivity index (χ4v) is 2.20. The smallest absolute Gasteiger partial charge is 0.417 e. The molecule has 4 nitrogen and oxygen atoms in total. The quantitative estimate of drug-likeness (QED) is 0.860. The van der Waals surface area contributed by atoms with Gasteiger partial charge in [0.15, 0.2) is 0 Å². The van der Waals surface area contributed by atoms with Crippen LogP contribution in [0, 0.1) is 0 Å². The van der Waals surface area contributed by atoms with E-state index in [0.717, 1.165) is 6.20 Å². The third kappa shape index (κ3) is 4.05. The first-order valence-corrected chi connectivity index (χ1v) is 6.85. The third-order valence-electron chi connectivity index (χ3n) is 2.82. The van der Waals surface area contributed by atoms with Crippen LogP contribution in [0.3, 0.4) is 0 Å². The lowest BCUT2D eigenvalue weighted by atomic mass is 10.1. The first-order valence-electron chi connectivity index (χ1n) is 6.10. The van der Waals surface area contributed by atoms with Gasteiger partial charge in [0.1, 0.15) is 0 Å². The number of ether oxygens (including phenoxy) is 1. The summed E-state index contributed by atoms with van der Waals surface area (Å²) in [5.41, 5.74) is -1.68. The highest BCUT2D eigenvalue weighted by molar-refractivity contribution is 6.36. The standard InChI is InChI=1S/C14H9Cl2F3N2O2/c1-23-12-5-9(14(17,18)19)8(6-20-12)13(22)21-11-3-2-7(15)4-10(11)16/h2-6H,1H3,(H,21,22). The van der Waals surface area contributed by atoms with E-state index in [1.807, 2.05) is 0 Å². The molecule has 1 aromatic heterocycles. The molecule has 0 fully saturated rings. The minimum absolute atomic E-state index is 0.0980. The molecule has 0 atom stereocenters. The fraction of sp³-hybridized carbons (Fsp3) is 0.143. The van der Waals surface area contributed by atoms with Crippen LogP contribution < -0.4 is 10.1 Å². The van der Waals surface area contributed by atoms with Crippen LogP contribution in [0.25, 0.3) is 0 Å². The summed E-state index contributed by atoms with van der Waals surface area (Å²) in [6, 6.07) is 4.83. The van der Waals surface area contributed by atoms with Crippen LogP contribution in [-0.2, 0) is 6.18 Å². The summed E-state index contributed by atoms with van der Waals surface area (Å²) in [5, 5.41) is 2.72. The molecule has 2 aromatic rings. The number of benzene rings is 1. The van der Waals surface area contributed by atoms with Gasteiger partial charge in [-0.25, -0.2) is 4.98 Å². The van der Waals surface area contributed by atoms with Gasteiger partial charge in [-0.15, -0.1) is 0 Å². The first-order chi connectivity index (χ1) is 10.7. The van der Waals surface area contributed by atoms with Gasteiger partial charge in [-0.1, -0.05) is 23.2 Å². The Hall–Kier alpha value is -1.99. The first kappa shape index (κ1) is 17.4. The molecule has 1 amide bonds. The van der Waals surface area contributed by atoms with E-state index >= 15 is 0 Å². The van der Waals surface area contributed by atoms with Crippen molar-refractivity contribution in [1.29, 1.82) is 0 Å². The molecule has 1 N–H and O–H groups in total. The van der Waals surface area contributed by atoms with Gasteiger partial charge in [0.2, 0.25) is 5.88 Å². The maximum absolute atomic E-state index is 13.1. The average Bonchev–Trinajstić information content (AvgIpc) is 2.48. The summed E-state index contributed by atoms with van der Waals surface area (Å²) in [5.74, 6) is -1.25. The van der Waals surface area contributed by atoms with Crippen LogP contribution in [-0.4, -0.2) is 18.0 Å². The zero-order valence-electron chi connectivity index (χ0n) is 11.5. The molecule has 0 spiro atoms. The van der Waals surface area contributed by atoms with Gasteiger partial charge in [-0.05, 0) is 18.2 Å². The number of nitrogens with one attached hydrogen (secondary N) is 1. The van der Waals surface area contributed by atoms with Crippen molar-refractivity contribution >= 4 is 34.8 Å². The average molecular weight is 365 g/mol. The lowest BCUT2D eigenvalue weighted by Crippen LogP contribution is -2.19. The number of halogens is 5. The molecule has 0 saturated heterocycles. The Balaban J connectivity index is 2.39. The number of aromatic nitrogens is 1. The molecule has 122 valence electrons. The van der Waals surface area contributed by atoms with Gasteiger partial charge in [0, 0.05) is 17.3 Å². The number of amides is 1. The van der Waals surface area contributed by atoms with Crippen LogP contribution in [0.1, 0.15) is 15.9 Å². The minimum atomic E-state index is -4.74. The Morgan fingerprint density at radius 1 is 1.26 bits per heavy atom. The molecule has 0 aliphatic carbocycles. The summed E-state index contributed by atoms with van der Waals surface area (Å²) in [7, 11) is 1.18. The second-order valence-corrected chi connectivity index (χ2v) is 5.19. The topological polar surface area (TPSA) is 51.2 Å². The van der Waals surface area contributed by atoms with Crippen molar-refractivity contribution < 1.29 is 22.7 Å². The van der Waals surface area contributed by atoms with Gasteiger partial charge < -0.3 is 10.1 Å². The second-order valence-electron chi connectivity index (χ2n) is 4.35. The number of carbonyl (C=O) groups excluding carboxylic acids is 1. The highest BCUT2D eigenvalue weighted by Crippen LogP contribution is 2.34. The number of rotatable bonds is 3. The minimum Gasteiger partial charge on any atom is -0.481 e. The Morgan fingerprint density at radius 2 is 1.96 bits per heavy atom. The molecule has 0 aliphatic rings. The fourth-order valence-electron chi connectivity index (χ4n) is 1.74. The van der Waals surface area contributed by atoms with E-state index in [-0.39, 0.29) is 16.6 Å². The Morgan fingerprint density at radius 3 is 2.52 bits per heavy atom. The maximum Gasteiger partial charge on any atom is 0.417 e. The molecule has 9 heteroatoms. The lowest BCUT2D eigenvalue weighted by molar-refractivity contribution is -0.138. The number of hydrogen-bond acceptors (Lipinski definition) is 3.